The molecule has 2 aromatic rings. The highest BCUT2D eigenvalue weighted by Gasteiger charge is 2.11. The Morgan fingerprint density at radius 3 is 2.68 bits per heavy atom. The van der Waals surface area contributed by atoms with Crippen LogP contribution in [0.1, 0.15) is 5.56 Å². The number of halogens is 1. The second kappa shape index (κ2) is 5.50. The van der Waals surface area contributed by atoms with Gasteiger partial charge in [0, 0.05) is 21.9 Å². The molecule has 0 N–H and O–H groups in total. The number of nitrogens with zero attached hydrogens (tertiary/aromatic N) is 2. The number of nitriles is 1. The normalized spacial score (nSPS) is 9.89. The molecular weight excluding hydrogens is 267 g/mol. The van der Waals surface area contributed by atoms with Crippen LogP contribution in [-0.2, 0) is 0 Å². The lowest BCUT2D eigenvalue weighted by Crippen LogP contribution is -1.90. The zero-order chi connectivity index (χ0) is 13.8. The van der Waals surface area contributed by atoms with E-state index in [0.717, 1.165) is 0 Å². The molecule has 0 bridgehead atoms. The van der Waals surface area contributed by atoms with Crippen LogP contribution in [0.2, 0.25) is 0 Å². The Morgan fingerprint density at radius 1 is 1.26 bits per heavy atom. The Bertz CT molecular complexity index is 683. The van der Waals surface area contributed by atoms with Gasteiger partial charge in [-0.2, -0.15) is 5.26 Å². The summed E-state index contributed by atoms with van der Waals surface area (Å²) in [5.74, 6) is -0.370. The summed E-state index contributed by atoms with van der Waals surface area (Å²) in [6.45, 7) is 0. The zero-order valence-electron chi connectivity index (χ0n) is 9.54. The molecular formula is C13H7FN2O2S. The van der Waals surface area contributed by atoms with Gasteiger partial charge in [-0.05, 0) is 24.3 Å². The van der Waals surface area contributed by atoms with E-state index in [1.54, 1.807) is 12.1 Å². The molecule has 0 heterocycles. The lowest BCUT2D eigenvalue weighted by molar-refractivity contribution is -0.384. The van der Waals surface area contributed by atoms with Gasteiger partial charge in [0.2, 0.25) is 0 Å². The van der Waals surface area contributed by atoms with Crippen molar-refractivity contribution in [2.75, 3.05) is 0 Å². The molecule has 94 valence electrons. The number of rotatable bonds is 3. The third-order valence-corrected chi connectivity index (χ3v) is 3.38. The van der Waals surface area contributed by atoms with Gasteiger partial charge in [0.25, 0.3) is 5.69 Å². The van der Waals surface area contributed by atoms with Gasteiger partial charge in [-0.15, -0.1) is 0 Å². The Kier molecular flexibility index (Phi) is 3.78. The molecule has 0 atom stereocenters. The predicted octanol–water partition coefficient (Wildman–Crippen LogP) is 3.76. The van der Waals surface area contributed by atoms with Crippen LogP contribution in [-0.4, -0.2) is 4.92 Å². The molecule has 0 aromatic heterocycles. The fourth-order valence-corrected chi connectivity index (χ4v) is 2.39. The smallest absolute Gasteiger partial charge is 0.258 e. The fourth-order valence-electron chi connectivity index (χ4n) is 1.47. The van der Waals surface area contributed by atoms with Crippen LogP contribution < -0.4 is 0 Å². The molecule has 2 rings (SSSR count). The standard InChI is InChI=1S/C13H7FN2O2S/c14-10-2-1-3-12(7-10)19-13-5-4-11(16(17)18)6-9(13)8-15/h1-7H. The van der Waals surface area contributed by atoms with E-state index in [1.807, 2.05) is 6.07 Å². The van der Waals surface area contributed by atoms with Crippen LogP contribution in [0.4, 0.5) is 10.1 Å². The van der Waals surface area contributed by atoms with E-state index in [1.165, 1.54) is 42.1 Å². The maximum absolute atomic E-state index is 13.1. The summed E-state index contributed by atoms with van der Waals surface area (Å²) in [6, 6.07) is 11.9. The van der Waals surface area contributed by atoms with E-state index in [9.17, 15) is 14.5 Å². The first-order valence-electron chi connectivity index (χ1n) is 5.22. The molecule has 0 saturated heterocycles. The molecule has 0 aliphatic rings. The van der Waals surface area contributed by atoms with Gasteiger partial charge in [-0.1, -0.05) is 17.8 Å². The lowest BCUT2D eigenvalue weighted by Gasteiger charge is -2.03. The largest absolute Gasteiger partial charge is 0.270 e. The van der Waals surface area contributed by atoms with E-state index < -0.39 is 4.92 Å². The first-order valence-corrected chi connectivity index (χ1v) is 6.04. The van der Waals surface area contributed by atoms with Crippen LogP contribution in [0.15, 0.2) is 52.3 Å². The fraction of sp³-hybridized carbons (Fsp3) is 0. The van der Waals surface area contributed by atoms with Crippen molar-refractivity contribution in [1.82, 2.24) is 0 Å². The third-order valence-electron chi connectivity index (χ3n) is 2.32. The SMILES string of the molecule is N#Cc1cc([N+](=O)[O-])ccc1Sc1cccc(F)c1. The van der Waals surface area contributed by atoms with Gasteiger partial charge in [-0.3, -0.25) is 10.1 Å². The summed E-state index contributed by atoms with van der Waals surface area (Å²) in [7, 11) is 0. The molecule has 0 aliphatic carbocycles. The van der Waals surface area contributed by atoms with Crippen LogP contribution in [0.25, 0.3) is 0 Å². The van der Waals surface area contributed by atoms with Crippen LogP contribution >= 0.6 is 11.8 Å². The number of nitro benzene ring substituents is 1. The predicted molar refractivity (Wildman–Crippen MR) is 68.3 cm³/mol. The van der Waals surface area contributed by atoms with Crippen LogP contribution in [0.5, 0.6) is 0 Å². The highest BCUT2D eigenvalue weighted by molar-refractivity contribution is 7.99. The van der Waals surface area contributed by atoms with E-state index in [0.29, 0.717) is 9.79 Å². The zero-order valence-corrected chi connectivity index (χ0v) is 10.4. The first-order chi connectivity index (χ1) is 9.10. The molecule has 4 nitrogen and oxygen atoms in total. The average molecular weight is 274 g/mol. The molecule has 0 spiro atoms. The van der Waals surface area contributed by atoms with Crippen molar-refractivity contribution in [2.24, 2.45) is 0 Å². The first kappa shape index (κ1) is 13.1. The van der Waals surface area contributed by atoms with Crippen LogP contribution in [0, 0.1) is 27.3 Å². The number of benzene rings is 2. The molecule has 0 amide bonds. The molecule has 0 fully saturated rings. The van der Waals surface area contributed by atoms with E-state index in [-0.39, 0.29) is 17.1 Å². The third kappa shape index (κ3) is 3.09. The number of hydrogen-bond acceptors (Lipinski definition) is 4. The highest BCUT2D eigenvalue weighted by atomic mass is 32.2. The molecule has 19 heavy (non-hydrogen) atoms. The molecule has 2 aromatic carbocycles. The monoisotopic (exact) mass is 274 g/mol. The minimum atomic E-state index is -0.558. The summed E-state index contributed by atoms with van der Waals surface area (Å²) in [4.78, 5) is 11.2. The summed E-state index contributed by atoms with van der Waals surface area (Å²) >= 11 is 1.19. The van der Waals surface area contributed by atoms with Crippen molar-refractivity contribution < 1.29 is 9.31 Å². The minimum Gasteiger partial charge on any atom is -0.258 e. The van der Waals surface area contributed by atoms with Gasteiger partial charge in [0.1, 0.15) is 11.9 Å². The second-order valence-corrected chi connectivity index (χ2v) is 4.72. The van der Waals surface area contributed by atoms with Crippen LogP contribution in [0.3, 0.4) is 0 Å². The summed E-state index contributed by atoms with van der Waals surface area (Å²) in [5.41, 5.74) is 0.0589. The Balaban J connectivity index is 2.36. The highest BCUT2D eigenvalue weighted by Crippen LogP contribution is 2.32. The topological polar surface area (TPSA) is 66.9 Å². The maximum Gasteiger partial charge on any atom is 0.270 e. The number of hydrogen-bond donors (Lipinski definition) is 0. The van der Waals surface area contributed by atoms with Gasteiger partial charge in [0.15, 0.2) is 0 Å². The van der Waals surface area contributed by atoms with Crippen molar-refractivity contribution in [1.29, 1.82) is 5.26 Å². The van der Waals surface area contributed by atoms with Crippen molar-refractivity contribution in [3.05, 3.63) is 64.0 Å². The number of non-ortho nitro benzene ring substituents is 1. The molecule has 0 saturated carbocycles. The molecule has 0 radical (unpaired) electrons. The van der Waals surface area contributed by atoms with Gasteiger partial charge < -0.3 is 0 Å². The maximum atomic E-state index is 13.1. The van der Waals surface area contributed by atoms with Crippen molar-refractivity contribution in [2.45, 2.75) is 9.79 Å². The Morgan fingerprint density at radius 2 is 2.05 bits per heavy atom. The Labute approximate surface area is 112 Å². The van der Waals surface area contributed by atoms with Gasteiger partial charge >= 0.3 is 0 Å². The molecule has 0 aliphatic heterocycles. The van der Waals surface area contributed by atoms with E-state index >= 15 is 0 Å². The summed E-state index contributed by atoms with van der Waals surface area (Å²) in [5, 5.41) is 19.6. The molecule has 0 unspecified atom stereocenters. The average Bonchev–Trinajstić information content (AvgIpc) is 2.39. The van der Waals surface area contributed by atoms with Crippen molar-refractivity contribution in [3.63, 3.8) is 0 Å². The molecule has 6 heteroatoms. The minimum absolute atomic E-state index is 0.139. The summed E-state index contributed by atoms with van der Waals surface area (Å²) < 4.78 is 13.1. The lowest BCUT2D eigenvalue weighted by atomic mass is 10.2. The summed E-state index contributed by atoms with van der Waals surface area (Å²) in [6.07, 6.45) is 0. The second-order valence-electron chi connectivity index (χ2n) is 3.61. The van der Waals surface area contributed by atoms with Gasteiger partial charge in [-0.25, -0.2) is 4.39 Å². The van der Waals surface area contributed by atoms with E-state index in [4.69, 9.17) is 5.26 Å². The van der Waals surface area contributed by atoms with Gasteiger partial charge in [0.05, 0.1) is 10.5 Å². The van der Waals surface area contributed by atoms with E-state index in [2.05, 4.69) is 0 Å². The van der Waals surface area contributed by atoms with Crippen molar-refractivity contribution >= 4 is 17.4 Å². The Hall–Kier alpha value is -2.39. The number of nitro groups is 1. The quantitative estimate of drug-likeness (QED) is 0.631. The van der Waals surface area contributed by atoms with Crippen molar-refractivity contribution in [3.8, 4) is 6.07 Å².